The van der Waals surface area contributed by atoms with Gasteiger partial charge in [-0.25, -0.2) is 0 Å². The van der Waals surface area contributed by atoms with Crippen molar-refractivity contribution >= 4 is 5.97 Å². The SMILES string of the molecule is CCC(=O)O.CCCC/C=C\CCCCCCCCO. The zero-order valence-corrected chi connectivity index (χ0v) is 13.4. The molecule has 0 aliphatic heterocycles. The normalized spacial score (nSPS) is 10.3. The predicted molar refractivity (Wildman–Crippen MR) is 86.0 cm³/mol. The van der Waals surface area contributed by atoms with Crippen molar-refractivity contribution in [3.63, 3.8) is 0 Å². The summed E-state index contributed by atoms with van der Waals surface area (Å²) in [6.45, 7) is 4.20. The van der Waals surface area contributed by atoms with Crippen molar-refractivity contribution in [2.24, 2.45) is 0 Å². The fraction of sp³-hybridized carbons (Fsp3) is 0.824. The minimum Gasteiger partial charge on any atom is -0.481 e. The van der Waals surface area contributed by atoms with Gasteiger partial charge in [-0.3, -0.25) is 4.79 Å². The molecule has 2 N–H and O–H groups in total. The van der Waals surface area contributed by atoms with Gasteiger partial charge in [0, 0.05) is 13.0 Å². The molecule has 3 heteroatoms. The van der Waals surface area contributed by atoms with Crippen molar-refractivity contribution in [3.05, 3.63) is 12.2 Å². The van der Waals surface area contributed by atoms with E-state index in [1.54, 1.807) is 6.92 Å². The number of aliphatic carboxylic acids is 1. The topological polar surface area (TPSA) is 57.5 Å². The highest BCUT2D eigenvalue weighted by molar-refractivity contribution is 5.66. The summed E-state index contributed by atoms with van der Waals surface area (Å²) in [7, 11) is 0. The van der Waals surface area contributed by atoms with E-state index in [0.717, 1.165) is 6.42 Å². The molecule has 0 saturated carbocycles. The van der Waals surface area contributed by atoms with Crippen molar-refractivity contribution in [3.8, 4) is 0 Å². The molecule has 0 bridgehead atoms. The maximum absolute atomic E-state index is 9.37. The average Bonchev–Trinajstić information content (AvgIpc) is 2.45. The Morgan fingerprint density at radius 3 is 1.75 bits per heavy atom. The fourth-order valence-corrected chi connectivity index (χ4v) is 1.64. The largest absolute Gasteiger partial charge is 0.481 e. The Hall–Kier alpha value is -0.830. The van der Waals surface area contributed by atoms with E-state index in [-0.39, 0.29) is 6.42 Å². The van der Waals surface area contributed by atoms with Crippen LogP contribution in [0.2, 0.25) is 0 Å². The summed E-state index contributed by atoms with van der Waals surface area (Å²) >= 11 is 0. The number of carboxylic acids is 1. The van der Waals surface area contributed by atoms with Gasteiger partial charge in [-0.1, -0.05) is 64.5 Å². The van der Waals surface area contributed by atoms with E-state index in [0.29, 0.717) is 6.61 Å². The van der Waals surface area contributed by atoms with Crippen LogP contribution < -0.4 is 0 Å². The Labute approximate surface area is 125 Å². The molecule has 0 amide bonds. The van der Waals surface area contributed by atoms with Crippen LogP contribution in [0.5, 0.6) is 0 Å². The average molecular weight is 286 g/mol. The second-order valence-electron chi connectivity index (χ2n) is 4.99. The first-order valence-electron chi connectivity index (χ1n) is 8.16. The minimum atomic E-state index is -0.745. The Morgan fingerprint density at radius 2 is 1.30 bits per heavy atom. The summed E-state index contributed by atoms with van der Waals surface area (Å²) in [4.78, 5) is 9.37. The lowest BCUT2D eigenvalue weighted by molar-refractivity contribution is -0.136. The maximum atomic E-state index is 9.37. The van der Waals surface area contributed by atoms with Gasteiger partial charge in [-0.15, -0.1) is 0 Å². The van der Waals surface area contributed by atoms with E-state index in [1.165, 1.54) is 57.8 Å². The lowest BCUT2D eigenvalue weighted by Gasteiger charge is -1.98. The summed E-state index contributed by atoms with van der Waals surface area (Å²) in [5, 5.41) is 16.3. The molecule has 20 heavy (non-hydrogen) atoms. The number of carboxylic acid groups (broad SMARTS) is 1. The summed E-state index contributed by atoms with van der Waals surface area (Å²) < 4.78 is 0. The zero-order chi connectivity index (χ0) is 15.5. The van der Waals surface area contributed by atoms with Crippen LogP contribution in [-0.2, 0) is 4.79 Å². The zero-order valence-electron chi connectivity index (χ0n) is 13.4. The number of rotatable bonds is 12. The van der Waals surface area contributed by atoms with Crippen LogP contribution in [0.3, 0.4) is 0 Å². The van der Waals surface area contributed by atoms with Crippen LogP contribution in [-0.4, -0.2) is 22.8 Å². The highest BCUT2D eigenvalue weighted by atomic mass is 16.4. The molecule has 0 aromatic heterocycles. The molecule has 0 aliphatic carbocycles. The van der Waals surface area contributed by atoms with Gasteiger partial charge in [-0.2, -0.15) is 0 Å². The number of hydrogen-bond donors (Lipinski definition) is 2. The van der Waals surface area contributed by atoms with E-state index in [4.69, 9.17) is 10.2 Å². The third kappa shape index (κ3) is 25.9. The highest BCUT2D eigenvalue weighted by Gasteiger charge is 1.89. The monoisotopic (exact) mass is 286 g/mol. The van der Waals surface area contributed by atoms with E-state index in [1.807, 2.05) is 0 Å². The van der Waals surface area contributed by atoms with Gasteiger partial charge in [-0.05, 0) is 25.7 Å². The lowest BCUT2D eigenvalue weighted by Crippen LogP contribution is -1.86. The van der Waals surface area contributed by atoms with Gasteiger partial charge in [0.05, 0.1) is 0 Å². The molecule has 0 spiro atoms. The molecule has 0 atom stereocenters. The van der Waals surface area contributed by atoms with Crippen molar-refractivity contribution in [2.45, 2.75) is 84.5 Å². The number of unbranched alkanes of at least 4 members (excludes halogenated alkanes) is 8. The lowest BCUT2D eigenvalue weighted by atomic mass is 10.1. The second-order valence-corrected chi connectivity index (χ2v) is 4.99. The molecular weight excluding hydrogens is 252 g/mol. The standard InChI is InChI=1S/C14H28O.C3H6O2/c1-2-3-4-5-6-7-8-9-10-11-12-13-14-15;1-2-3(4)5/h5-6,15H,2-4,7-14H2,1H3;2H2,1H3,(H,4,5)/b6-5-;. The third-order valence-corrected chi connectivity index (χ3v) is 2.97. The number of allylic oxidation sites excluding steroid dienone is 2. The van der Waals surface area contributed by atoms with Gasteiger partial charge < -0.3 is 10.2 Å². The fourth-order valence-electron chi connectivity index (χ4n) is 1.64. The predicted octanol–water partition coefficient (Wildman–Crippen LogP) is 4.94. The van der Waals surface area contributed by atoms with Crippen molar-refractivity contribution < 1.29 is 15.0 Å². The van der Waals surface area contributed by atoms with Crippen LogP contribution in [0.4, 0.5) is 0 Å². The summed E-state index contributed by atoms with van der Waals surface area (Å²) in [6.07, 6.45) is 17.5. The second kappa shape index (κ2) is 20.5. The van der Waals surface area contributed by atoms with Crippen LogP contribution >= 0.6 is 0 Å². The van der Waals surface area contributed by atoms with Crippen LogP contribution in [0, 0.1) is 0 Å². The van der Waals surface area contributed by atoms with Gasteiger partial charge in [0.25, 0.3) is 0 Å². The van der Waals surface area contributed by atoms with Crippen molar-refractivity contribution in [2.75, 3.05) is 6.61 Å². The van der Waals surface area contributed by atoms with Gasteiger partial charge in [0.1, 0.15) is 0 Å². The van der Waals surface area contributed by atoms with Crippen LogP contribution in [0.15, 0.2) is 12.2 Å². The van der Waals surface area contributed by atoms with Crippen LogP contribution in [0.1, 0.15) is 84.5 Å². The van der Waals surface area contributed by atoms with Crippen molar-refractivity contribution in [1.29, 1.82) is 0 Å². The third-order valence-electron chi connectivity index (χ3n) is 2.97. The Balaban J connectivity index is 0. The first-order chi connectivity index (χ1) is 9.68. The minimum absolute atomic E-state index is 0.222. The molecule has 0 aromatic carbocycles. The van der Waals surface area contributed by atoms with Gasteiger partial charge in [0.15, 0.2) is 0 Å². The molecule has 0 unspecified atom stereocenters. The smallest absolute Gasteiger partial charge is 0.303 e. The number of carbonyl (C=O) groups is 1. The van der Waals surface area contributed by atoms with E-state index in [2.05, 4.69) is 19.1 Å². The van der Waals surface area contributed by atoms with E-state index >= 15 is 0 Å². The maximum Gasteiger partial charge on any atom is 0.303 e. The van der Waals surface area contributed by atoms with Crippen LogP contribution in [0.25, 0.3) is 0 Å². The first-order valence-corrected chi connectivity index (χ1v) is 8.16. The van der Waals surface area contributed by atoms with E-state index in [9.17, 15) is 4.79 Å². The molecule has 3 nitrogen and oxygen atoms in total. The molecule has 0 rings (SSSR count). The molecule has 120 valence electrons. The molecular formula is C17H34O3. The quantitative estimate of drug-likeness (QED) is 0.395. The Morgan fingerprint density at radius 1 is 0.850 bits per heavy atom. The van der Waals surface area contributed by atoms with Gasteiger partial charge in [0.2, 0.25) is 0 Å². The number of hydrogen-bond acceptors (Lipinski definition) is 2. The summed E-state index contributed by atoms with van der Waals surface area (Å²) in [6, 6.07) is 0. The molecule has 0 fully saturated rings. The molecule has 0 heterocycles. The Kier molecular flexibility index (Phi) is 22.0. The summed E-state index contributed by atoms with van der Waals surface area (Å²) in [5.74, 6) is -0.745. The molecule has 0 radical (unpaired) electrons. The van der Waals surface area contributed by atoms with Gasteiger partial charge >= 0.3 is 5.97 Å². The van der Waals surface area contributed by atoms with Crippen molar-refractivity contribution in [1.82, 2.24) is 0 Å². The first kappa shape index (κ1) is 21.5. The highest BCUT2D eigenvalue weighted by Crippen LogP contribution is 2.07. The summed E-state index contributed by atoms with van der Waals surface area (Å²) in [5.41, 5.74) is 0. The number of aliphatic hydroxyl groups excluding tert-OH is 1. The molecule has 0 aromatic rings. The number of aliphatic hydroxyl groups is 1. The molecule has 0 aliphatic rings. The Bertz CT molecular complexity index is 212. The van der Waals surface area contributed by atoms with E-state index < -0.39 is 5.97 Å². The molecule has 0 saturated heterocycles.